The van der Waals surface area contributed by atoms with Gasteiger partial charge in [-0.3, -0.25) is 0 Å². The van der Waals surface area contributed by atoms with E-state index in [-0.39, 0.29) is 37.3 Å². The first kappa shape index (κ1) is 46.5. The molecule has 0 atom stereocenters. The van der Waals surface area contributed by atoms with Crippen LogP contribution in [0.2, 0.25) is 0 Å². The van der Waals surface area contributed by atoms with Crippen LogP contribution >= 0.6 is 0 Å². The number of pyridine rings is 1. The molecule has 0 amide bonds. The molecule has 0 bridgehead atoms. The molecule has 1 aliphatic heterocycles. The minimum atomic E-state index is -0.250. The van der Waals surface area contributed by atoms with Gasteiger partial charge in [0.05, 0.1) is 0 Å². The Labute approximate surface area is 427 Å². The van der Waals surface area contributed by atoms with Gasteiger partial charge in [-0.05, 0) is 92.2 Å². The second-order valence-electron chi connectivity index (χ2n) is 20.3. The van der Waals surface area contributed by atoms with Gasteiger partial charge in [-0.15, -0.1) is 48.1 Å². The van der Waals surface area contributed by atoms with Crippen molar-refractivity contribution in [1.29, 1.82) is 0 Å². The van der Waals surface area contributed by atoms with Gasteiger partial charge in [0.15, 0.2) is 0 Å². The maximum atomic E-state index is 6.76. The molecule has 11 rings (SSSR count). The van der Waals surface area contributed by atoms with E-state index in [1.165, 1.54) is 33.4 Å². The maximum Gasteiger partial charge on any atom is 0.135 e. The van der Waals surface area contributed by atoms with Crippen molar-refractivity contribution >= 4 is 44.6 Å². The summed E-state index contributed by atoms with van der Waals surface area (Å²) >= 11 is 0. The van der Waals surface area contributed by atoms with Gasteiger partial charge in [-0.2, -0.15) is 12.1 Å². The van der Waals surface area contributed by atoms with Crippen LogP contribution in [0.1, 0.15) is 76.3 Å². The number of aromatic nitrogens is 2. The molecule has 0 unspecified atom stereocenters. The van der Waals surface area contributed by atoms with E-state index < -0.39 is 0 Å². The maximum absolute atomic E-state index is 6.76. The summed E-state index contributed by atoms with van der Waals surface area (Å²) in [4.78, 5) is 9.54. The average molecular weight is 1090 g/mol. The van der Waals surface area contributed by atoms with Gasteiger partial charge in [0, 0.05) is 72.2 Å². The van der Waals surface area contributed by atoms with Gasteiger partial charge in [0.2, 0.25) is 0 Å². The van der Waals surface area contributed by atoms with E-state index in [2.05, 4.69) is 258 Å². The number of benzene rings is 8. The third kappa shape index (κ3) is 8.51. The van der Waals surface area contributed by atoms with Crippen molar-refractivity contribution in [2.45, 2.75) is 64.7 Å². The fraction of sp³-hybridized carbons (Fsp3) is 0.156. The van der Waals surface area contributed by atoms with E-state index >= 15 is 0 Å². The summed E-state index contributed by atoms with van der Waals surface area (Å²) in [5.41, 5.74) is 14.1. The SMILES string of the molecule is CC(C)(C)c1ccc2c(c1)N(c1cccc(C(C)(C)c3ccccc3)c1)[CH-]N2c1[c-]c(Oc2[c-]c3c(cc2)c2cc(-c4ccccc4)ccc2n3-c2cc(C(C)(C)c3ccccc3)ccn2)ccc1.[Pt]. The molecule has 0 aliphatic carbocycles. The fourth-order valence-electron chi connectivity index (χ4n) is 9.83. The summed E-state index contributed by atoms with van der Waals surface area (Å²) in [7, 11) is 0. The first-order valence-electron chi connectivity index (χ1n) is 23.9. The van der Waals surface area contributed by atoms with Crippen LogP contribution in [0.3, 0.4) is 0 Å². The number of hydrogen-bond donors (Lipinski definition) is 0. The Morgan fingerprint density at radius 2 is 1.11 bits per heavy atom. The van der Waals surface area contributed by atoms with Crippen LogP contribution in [0.15, 0.2) is 200 Å². The van der Waals surface area contributed by atoms with Crippen molar-refractivity contribution in [2.75, 3.05) is 9.80 Å². The third-order valence-electron chi connectivity index (χ3n) is 14.1. The number of anilines is 4. The van der Waals surface area contributed by atoms with Crippen LogP contribution in [0.4, 0.5) is 22.7 Å². The molecule has 350 valence electrons. The number of rotatable bonds is 10. The van der Waals surface area contributed by atoms with Gasteiger partial charge in [0.1, 0.15) is 5.82 Å². The second kappa shape index (κ2) is 18.3. The molecule has 0 saturated heterocycles. The molecule has 5 nitrogen and oxygen atoms in total. The Balaban J connectivity index is 0.00000567. The number of ether oxygens (including phenoxy) is 1. The van der Waals surface area contributed by atoms with Crippen LogP contribution < -0.4 is 14.5 Å². The largest absolute Gasteiger partial charge is 0.509 e. The smallest absolute Gasteiger partial charge is 0.135 e. The van der Waals surface area contributed by atoms with Crippen LogP contribution in [-0.2, 0) is 37.3 Å². The Hall–Kier alpha value is -7.20. The normalized spacial score (nSPS) is 12.8. The van der Waals surface area contributed by atoms with Gasteiger partial charge in [-0.25, -0.2) is 4.98 Å². The molecular weight excluding hydrogens is 1040 g/mol. The molecule has 0 N–H and O–H groups in total. The molecule has 3 heterocycles. The van der Waals surface area contributed by atoms with Crippen molar-refractivity contribution in [3.05, 3.63) is 247 Å². The standard InChI is InChI=1S/C64H55N4O.Pt/c1-62(2,3)48-30-34-58-60(39-48)67(51-26-17-25-49(38-51)63(4,5)46-21-13-9-14-22-46)43-66(58)52-27-18-28-53(41-52)69-54-31-32-55-56-37-45(44-19-11-8-12-20-44)29-33-57(56)68(59(55)42-54)61-40-50(35-36-65-61)64(6,7)47-23-15-10-16-24-47;/h8-40,43H,1-7H3;/q-3;. The fourth-order valence-corrected chi connectivity index (χ4v) is 9.83. The zero-order chi connectivity index (χ0) is 47.5. The van der Waals surface area contributed by atoms with Crippen molar-refractivity contribution in [3.8, 4) is 28.4 Å². The summed E-state index contributed by atoms with van der Waals surface area (Å²) in [5, 5.41) is 2.19. The summed E-state index contributed by atoms with van der Waals surface area (Å²) in [6.07, 6.45) is 1.92. The molecule has 1 aliphatic rings. The van der Waals surface area contributed by atoms with E-state index in [4.69, 9.17) is 9.72 Å². The van der Waals surface area contributed by atoms with Crippen LogP contribution in [-0.4, -0.2) is 9.55 Å². The second-order valence-corrected chi connectivity index (χ2v) is 20.3. The topological polar surface area (TPSA) is 33.5 Å². The van der Waals surface area contributed by atoms with Gasteiger partial charge in [-0.1, -0.05) is 175 Å². The first-order valence-corrected chi connectivity index (χ1v) is 23.9. The molecule has 2 aromatic heterocycles. The quantitative estimate of drug-likeness (QED) is 0.128. The molecule has 0 spiro atoms. The van der Waals surface area contributed by atoms with Gasteiger partial charge < -0.3 is 19.1 Å². The van der Waals surface area contributed by atoms with Gasteiger partial charge in [0.25, 0.3) is 0 Å². The van der Waals surface area contributed by atoms with E-state index in [9.17, 15) is 0 Å². The summed E-state index contributed by atoms with van der Waals surface area (Å²) in [6.45, 7) is 18.1. The Morgan fingerprint density at radius 3 is 1.81 bits per heavy atom. The summed E-state index contributed by atoms with van der Waals surface area (Å²) < 4.78 is 8.99. The van der Waals surface area contributed by atoms with Crippen molar-refractivity contribution in [2.24, 2.45) is 0 Å². The summed E-state index contributed by atoms with van der Waals surface area (Å²) in [6, 6.07) is 76.4. The first-order chi connectivity index (χ1) is 33.3. The Morgan fingerprint density at radius 1 is 0.471 bits per heavy atom. The molecule has 0 radical (unpaired) electrons. The molecule has 6 heteroatoms. The minimum absolute atomic E-state index is 0. The van der Waals surface area contributed by atoms with E-state index in [1.54, 1.807) is 0 Å². The number of fused-ring (bicyclic) bond motifs is 4. The molecule has 0 saturated carbocycles. The zero-order valence-corrected chi connectivity index (χ0v) is 42.9. The molecule has 10 aromatic rings. The average Bonchev–Trinajstić information content (AvgIpc) is 3.92. The minimum Gasteiger partial charge on any atom is -0.509 e. The van der Waals surface area contributed by atoms with Crippen LogP contribution in [0.5, 0.6) is 11.5 Å². The summed E-state index contributed by atoms with van der Waals surface area (Å²) in [5.74, 6) is 2.00. The van der Waals surface area contributed by atoms with E-state index in [1.807, 2.05) is 24.4 Å². The predicted octanol–water partition coefficient (Wildman–Crippen LogP) is 16.6. The van der Waals surface area contributed by atoms with Crippen molar-refractivity contribution in [3.63, 3.8) is 0 Å². The molecule has 8 aromatic carbocycles. The number of nitrogens with zero attached hydrogens (tertiary/aromatic N) is 4. The molecule has 70 heavy (non-hydrogen) atoms. The Bertz CT molecular complexity index is 3500. The van der Waals surface area contributed by atoms with Crippen molar-refractivity contribution in [1.82, 2.24) is 9.55 Å². The predicted molar refractivity (Wildman–Crippen MR) is 286 cm³/mol. The van der Waals surface area contributed by atoms with E-state index in [0.29, 0.717) is 11.5 Å². The van der Waals surface area contributed by atoms with Crippen LogP contribution in [0, 0.1) is 18.8 Å². The van der Waals surface area contributed by atoms with Crippen molar-refractivity contribution < 1.29 is 25.8 Å². The Kier molecular flexibility index (Phi) is 12.1. The molecular formula is C64H55N4OPt-3. The monoisotopic (exact) mass is 1090 g/mol. The molecule has 0 fully saturated rings. The zero-order valence-electron chi connectivity index (χ0n) is 40.6. The van der Waals surface area contributed by atoms with E-state index in [0.717, 1.165) is 55.9 Å². The van der Waals surface area contributed by atoms with Gasteiger partial charge >= 0.3 is 0 Å². The third-order valence-corrected chi connectivity index (χ3v) is 14.1. The number of hydrogen-bond acceptors (Lipinski definition) is 4. The van der Waals surface area contributed by atoms with Crippen LogP contribution in [0.25, 0.3) is 38.8 Å².